The predicted molar refractivity (Wildman–Crippen MR) is 81.4 cm³/mol. The van der Waals surface area contributed by atoms with Crippen molar-refractivity contribution in [3.8, 4) is 0 Å². The van der Waals surface area contributed by atoms with E-state index in [1.54, 1.807) is 30.1 Å². The van der Waals surface area contributed by atoms with Crippen LogP contribution in [0.4, 0.5) is 5.82 Å². The van der Waals surface area contributed by atoms with Crippen LogP contribution < -0.4 is 5.43 Å². The number of thiophene rings is 1. The normalized spacial score (nSPS) is 11.8. The Morgan fingerprint density at radius 1 is 1.40 bits per heavy atom. The van der Waals surface area contributed by atoms with Crippen molar-refractivity contribution < 1.29 is 4.42 Å². The van der Waals surface area contributed by atoms with Crippen LogP contribution in [-0.2, 0) is 0 Å². The van der Waals surface area contributed by atoms with Crippen LogP contribution in [0.25, 0.3) is 10.2 Å². The number of hydrogen-bond acceptors (Lipinski definition) is 6. The van der Waals surface area contributed by atoms with Gasteiger partial charge in [-0.2, -0.15) is 5.10 Å². The molecule has 20 heavy (non-hydrogen) atoms. The molecule has 0 aliphatic rings. The van der Waals surface area contributed by atoms with Crippen LogP contribution in [0.5, 0.6) is 0 Å². The summed E-state index contributed by atoms with van der Waals surface area (Å²) in [6, 6.07) is 5.77. The summed E-state index contributed by atoms with van der Waals surface area (Å²) < 4.78 is 5.17. The predicted octanol–water partition coefficient (Wildman–Crippen LogP) is 3.85. The molecule has 0 fully saturated rings. The number of anilines is 1. The zero-order chi connectivity index (χ0) is 13.9. The molecule has 6 heteroatoms. The largest absolute Gasteiger partial charge is 0.463 e. The molecule has 0 radical (unpaired) electrons. The Balaban J connectivity index is 1.87. The van der Waals surface area contributed by atoms with Crippen molar-refractivity contribution in [1.82, 2.24) is 9.97 Å². The molecular weight excluding hydrogens is 272 g/mol. The first-order chi connectivity index (χ1) is 9.74. The first-order valence-electron chi connectivity index (χ1n) is 6.31. The average Bonchev–Trinajstić information content (AvgIpc) is 3.07. The van der Waals surface area contributed by atoms with E-state index < -0.39 is 0 Å². The van der Waals surface area contributed by atoms with E-state index in [1.165, 1.54) is 4.88 Å². The Labute approximate surface area is 120 Å². The lowest BCUT2D eigenvalue weighted by molar-refractivity contribution is 0.560. The fourth-order valence-corrected chi connectivity index (χ4v) is 2.77. The fraction of sp³-hybridized carbons (Fsp3) is 0.214. The van der Waals surface area contributed by atoms with Gasteiger partial charge in [-0.25, -0.2) is 9.97 Å². The Bertz CT molecular complexity index is 731. The number of hydrazone groups is 1. The second-order valence-corrected chi connectivity index (χ2v) is 5.69. The van der Waals surface area contributed by atoms with Gasteiger partial charge in [0, 0.05) is 4.88 Å². The van der Waals surface area contributed by atoms with Crippen molar-refractivity contribution in [3.63, 3.8) is 0 Å². The van der Waals surface area contributed by atoms with Crippen LogP contribution in [0.2, 0.25) is 0 Å². The average molecular weight is 286 g/mol. The highest BCUT2D eigenvalue weighted by Crippen LogP contribution is 2.32. The summed E-state index contributed by atoms with van der Waals surface area (Å²) in [6.07, 6.45) is 4.77. The van der Waals surface area contributed by atoms with Crippen molar-refractivity contribution in [2.24, 2.45) is 5.10 Å². The third kappa shape index (κ3) is 2.55. The van der Waals surface area contributed by atoms with E-state index in [-0.39, 0.29) is 0 Å². The maximum atomic E-state index is 5.17. The molecule has 0 saturated heterocycles. The lowest BCUT2D eigenvalue weighted by Gasteiger charge is -1.99. The van der Waals surface area contributed by atoms with Crippen LogP contribution in [0.15, 0.2) is 40.3 Å². The number of nitrogens with one attached hydrogen (secondary N) is 1. The Hall–Kier alpha value is -2.21. The summed E-state index contributed by atoms with van der Waals surface area (Å²) in [7, 11) is 0. The molecular formula is C14H14N4OS. The number of hydrogen-bond donors (Lipinski definition) is 1. The summed E-state index contributed by atoms with van der Waals surface area (Å²) in [4.78, 5) is 10.8. The number of rotatable bonds is 4. The van der Waals surface area contributed by atoms with Gasteiger partial charge in [-0.3, -0.25) is 5.43 Å². The first kappa shape index (κ1) is 12.8. The van der Waals surface area contributed by atoms with E-state index in [0.29, 0.717) is 17.5 Å². The van der Waals surface area contributed by atoms with Gasteiger partial charge in [-0.1, -0.05) is 13.8 Å². The molecule has 3 heterocycles. The molecule has 5 nitrogen and oxygen atoms in total. The van der Waals surface area contributed by atoms with Crippen molar-refractivity contribution in [1.29, 1.82) is 0 Å². The monoisotopic (exact) mass is 286 g/mol. The highest BCUT2D eigenvalue weighted by atomic mass is 32.1. The highest BCUT2D eigenvalue weighted by Gasteiger charge is 2.10. The van der Waals surface area contributed by atoms with E-state index in [0.717, 1.165) is 10.2 Å². The van der Waals surface area contributed by atoms with E-state index in [9.17, 15) is 0 Å². The smallest absolute Gasteiger partial charge is 0.158 e. The quantitative estimate of drug-likeness (QED) is 0.584. The lowest BCUT2D eigenvalue weighted by Crippen LogP contribution is -1.94. The molecule has 0 amide bonds. The molecule has 3 aromatic rings. The first-order valence-corrected chi connectivity index (χ1v) is 7.12. The van der Waals surface area contributed by atoms with Gasteiger partial charge in [0.15, 0.2) is 5.82 Å². The second kappa shape index (κ2) is 5.42. The molecule has 3 rings (SSSR count). The maximum absolute atomic E-state index is 5.17. The van der Waals surface area contributed by atoms with Crippen molar-refractivity contribution in [2.45, 2.75) is 19.8 Å². The van der Waals surface area contributed by atoms with Crippen LogP contribution in [0.1, 0.15) is 30.4 Å². The van der Waals surface area contributed by atoms with Gasteiger partial charge >= 0.3 is 0 Å². The zero-order valence-corrected chi connectivity index (χ0v) is 12.0. The number of nitrogens with zero attached hydrogens (tertiary/aromatic N) is 3. The van der Waals surface area contributed by atoms with Gasteiger partial charge in [0.1, 0.15) is 16.9 Å². The van der Waals surface area contributed by atoms with Gasteiger partial charge in [0.2, 0.25) is 0 Å². The van der Waals surface area contributed by atoms with E-state index in [1.807, 2.05) is 12.1 Å². The summed E-state index contributed by atoms with van der Waals surface area (Å²) in [6.45, 7) is 4.33. The molecule has 0 saturated carbocycles. The molecule has 3 aromatic heterocycles. The third-order valence-corrected chi connectivity index (χ3v) is 4.17. The molecule has 0 bridgehead atoms. The zero-order valence-electron chi connectivity index (χ0n) is 11.2. The summed E-state index contributed by atoms with van der Waals surface area (Å²) in [5.41, 5.74) is 2.94. The van der Waals surface area contributed by atoms with Crippen LogP contribution in [0.3, 0.4) is 0 Å². The SMILES string of the molecule is CC(C)c1cc2c(N/N=C\c3ccco3)ncnc2s1. The molecule has 1 N–H and O–H groups in total. The fourth-order valence-electron chi connectivity index (χ4n) is 1.77. The summed E-state index contributed by atoms with van der Waals surface area (Å²) in [5.74, 6) is 1.88. The minimum atomic E-state index is 0.480. The van der Waals surface area contributed by atoms with Crippen molar-refractivity contribution in [3.05, 3.63) is 41.4 Å². The second-order valence-electron chi connectivity index (χ2n) is 4.63. The molecule has 0 aliphatic carbocycles. The number of fused-ring (bicyclic) bond motifs is 1. The molecule has 0 aromatic carbocycles. The van der Waals surface area contributed by atoms with Gasteiger partial charge in [0.05, 0.1) is 17.9 Å². The van der Waals surface area contributed by atoms with Gasteiger partial charge in [0.25, 0.3) is 0 Å². The molecule has 102 valence electrons. The standard InChI is InChI=1S/C14H14N4OS/c1-9(2)12-6-11-13(15-8-16-14(11)20-12)18-17-7-10-4-3-5-19-10/h3-9H,1-2H3,(H,15,16,18)/b17-7-. The summed E-state index contributed by atoms with van der Waals surface area (Å²) >= 11 is 1.69. The van der Waals surface area contributed by atoms with E-state index >= 15 is 0 Å². The number of aromatic nitrogens is 2. The topological polar surface area (TPSA) is 63.3 Å². The Morgan fingerprint density at radius 2 is 2.30 bits per heavy atom. The Kier molecular flexibility index (Phi) is 3.47. The Morgan fingerprint density at radius 3 is 3.05 bits per heavy atom. The highest BCUT2D eigenvalue weighted by molar-refractivity contribution is 7.18. The lowest BCUT2D eigenvalue weighted by atomic mass is 10.2. The van der Waals surface area contributed by atoms with Crippen LogP contribution >= 0.6 is 11.3 Å². The van der Waals surface area contributed by atoms with Gasteiger partial charge < -0.3 is 4.42 Å². The van der Waals surface area contributed by atoms with Crippen molar-refractivity contribution >= 4 is 33.6 Å². The van der Waals surface area contributed by atoms with Crippen molar-refractivity contribution in [2.75, 3.05) is 5.43 Å². The third-order valence-electron chi connectivity index (χ3n) is 2.82. The van der Waals surface area contributed by atoms with Crippen LogP contribution in [-0.4, -0.2) is 16.2 Å². The molecule has 0 spiro atoms. The molecule has 0 atom stereocenters. The number of furan rings is 1. The maximum Gasteiger partial charge on any atom is 0.158 e. The van der Waals surface area contributed by atoms with Gasteiger partial charge in [-0.15, -0.1) is 11.3 Å². The summed E-state index contributed by atoms with van der Waals surface area (Å²) in [5, 5.41) is 5.13. The minimum Gasteiger partial charge on any atom is -0.463 e. The van der Waals surface area contributed by atoms with Gasteiger partial charge in [-0.05, 0) is 24.1 Å². The van der Waals surface area contributed by atoms with Crippen LogP contribution in [0, 0.1) is 0 Å². The molecule has 0 unspecified atom stereocenters. The van der Waals surface area contributed by atoms with E-state index in [4.69, 9.17) is 4.42 Å². The van der Waals surface area contributed by atoms with E-state index in [2.05, 4.69) is 40.4 Å². The molecule has 0 aliphatic heterocycles. The minimum absolute atomic E-state index is 0.480.